The van der Waals surface area contributed by atoms with E-state index in [0.29, 0.717) is 24.6 Å². The summed E-state index contributed by atoms with van der Waals surface area (Å²) in [6, 6.07) is 17.6. The van der Waals surface area contributed by atoms with Crippen molar-refractivity contribution in [3.8, 4) is 5.75 Å². The number of ether oxygens (including phenoxy) is 1. The first-order valence-electron chi connectivity index (χ1n) is 9.25. The Morgan fingerprint density at radius 3 is 2.64 bits per heavy atom. The number of methoxy groups -OCH3 is 1. The highest BCUT2D eigenvalue weighted by atomic mass is 16.5. The lowest BCUT2D eigenvalue weighted by Gasteiger charge is -2.28. The van der Waals surface area contributed by atoms with Crippen molar-refractivity contribution in [1.82, 2.24) is 15.1 Å². The number of hydrogen-bond donors (Lipinski definition) is 1. The van der Waals surface area contributed by atoms with E-state index in [1.807, 2.05) is 42.2 Å². The predicted octanol–water partition coefficient (Wildman–Crippen LogP) is 3.74. The van der Waals surface area contributed by atoms with Gasteiger partial charge in [0.05, 0.1) is 12.8 Å². The number of anilines is 2. The molecule has 2 aromatic carbocycles. The molecule has 0 aliphatic carbocycles. The van der Waals surface area contributed by atoms with Crippen LogP contribution in [-0.4, -0.2) is 34.7 Å². The average Bonchev–Trinajstić information content (AvgIpc) is 2.73. The van der Waals surface area contributed by atoms with Gasteiger partial charge in [0, 0.05) is 13.1 Å². The highest BCUT2D eigenvalue weighted by Crippen LogP contribution is 2.28. The summed E-state index contributed by atoms with van der Waals surface area (Å²) in [6.07, 6.45) is 0.863. The smallest absolute Gasteiger partial charge is 0.274 e. The maximum absolute atomic E-state index is 12.8. The number of amides is 1. The van der Waals surface area contributed by atoms with Crippen molar-refractivity contribution in [3.05, 3.63) is 77.0 Å². The van der Waals surface area contributed by atoms with Gasteiger partial charge in [-0.05, 0) is 54.3 Å². The number of carbonyl (C=O) groups is 1. The Morgan fingerprint density at radius 2 is 1.89 bits per heavy atom. The van der Waals surface area contributed by atoms with Crippen LogP contribution in [0.2, 0.25) is 0 Å². The molecule has 0 atom stereocenters. The molecule has 0 radical (unpaired) electrons. The average molecular weight is 374 g/mol. The molecule has 1 aromatic heterocycles. The molecule has 0 saturated carbocycles. The summed E-state index contributed by atoms with van der Waals surface area (Å²) in [5.74, 6) is 1.19. The van der Waals surface area contributed by atoms with Gasteiger partial charge in [0.25, 0.3) is 5.91 Å². The Labute approximate surface area is 164 Å². The van der Waals surface area contributed by atoms with E-state index in [0.717, 1.165) is 23.4 Å². The number of hydrogen-bond acceptors (Lipinski definition) is 5. The van der Waals surface area contributed by atoms with Crippen molar-refractivity contribution < 1.29 is 9.53 Å². The topological polar surface area (TPSA) is 67.3 Å². The number of benzene rings is 2. The minimum absolute atomic E-state index is 0.0957. The van der Waals surface area contributed by atoms with Gasteiger partial charge in [-0.1, -0.05) is 30.3 Å². The Kier molecular flexibility index (Phi) is 4.93. The van der Waals surface area contributed by atoms with Crippen LogP contribution in [0.3, 0.4) is 0 Å². The minimum Gasteiger partial charge on any atom is -0.495 e. The standard InChI is InChI=1S/C22H22N4O2/c1-15-7-9-20(28-2)19(13-15)23-21-10-8-18(24-25-21)22(27)26-12-11-16-5-3-4-6-17(16)14-26/h3-10,13H,11-12,14H2,1-2H3,(H,23,25). The van der Waals surface area contributed by atoms with Gasteiger partial charge in [-0.2, -0.15) is 0 Å². The van der Waals surface area contributed by atoms with Crippen molar-refractivity contribution in [2.75, 3.05) is 19.0 Å². The molecule has 0 unspecified atom stereocenters. The molecule has 28 heavy (non-hydrogen) atoms. The van der Waals surface area contributed by atoms with Gasteiger partial charge in [-0.3, -0.25) is 4.79 Å². The number of nitrogens with zero attached hydrogens (tertiary/aromatic N) is 3. The maximum atomic E-state index is 12.8. The first-order valence-corrected chi connectivity index (χ1v) is 9.25. The number of fused-ring (bicyclic) bond motifs is 1. The fraction of sp³-hybridized carbons (Fsp3) is 0.227. The van der Waals surface area contributed by atoms with Crippen LogP contribution in [0.15, 0.2) is 54.6 Å². The van der Waals surface area contributed by atoms with Gasteiger partial charge in [0.2, 0.25) is 0 Å². The Morgan fingerprint density at radius 1 is 1.07 bits per heavy atom. The lowest BCUT2D eigenvalue weighted by molar-refractivity contribution is 0.0727. The van der Waals surface area contributed by atoms with E-state index in [9.17, 15) is 4.79 Å². The van der Waals surface area contributed by atoms with E-state index in [1.165, 1.54) is 11.1 Å². The monoisotopic (exact) mass is 374 g/mol. The third-order valence-electron chi connectivity index (χ3n) is 4.92. The molecule has 3 aromatic rings. The van der Waals surface area contributed by atoms with E-state index in [4.69, 9.17) is 4.74 Å². The van der Waals surface area contributed by atoms with E-state index in [-0.39, 0.29) is 5.91 Å². The highest BCUT2D eigenvalue weighted by molar-refractivity contribution is 5.92. The molecule has 142 valence electrons. The highest BCUT2D eigenvalue weighted by Gasteiger charge is 2.22. The van der Waals surface area contributed by atoms with E-state index in [2.05, 4.69) is 27.6 Å². The predicted molar refractivity (Wildman–Crippen MR) is 108 cm³/mol. The van der Waals surface area contributed by atoms with Gasteiger partial charge in [0.1, 0.15) is 5.75 Å². The van der Waals surface area contributed by atoms with Crippen LogP contribution >= 0.6 is 0 Å². The molecule has 4 rings (SSSR count). The summed E-state index contributed by atoms with van der Waals surface area (Å²) < 4.78 is 5.37. The number of aromatic nitrogens is 2. The molecule has 6 heteroatoms. The Hall–Kier alpha value is -3.41. The molecular formula is C22H22N4O2. The van der Waals surface area contributed by atoms with Crippen LogP contribution in [0.5, 0.6) is 5.75 Å². The number of nitrogens with one attached hydrogen (secondary N) is 1. The molecule has 1 aliphatic rings. The van der Waals surface area contributed by atoms with Crippen molar-refractivity contribution in [1.29, 1.82) is 0 Å². The molecule has 6 nitrogen and oxygen atoms in total. The minimum atomic E-state index is -0.0957. The van der Waals surface area contributed by atoms with Crippen molar-refractivity contribution in [3.63, 3.8) is 0 Å². The zero-order valence-electron chi connectivity index (χ0n) is 16.0. The third kappa shape index (κ3) is 3.67. The number of rotatable bonds is 4. The normalized spacial score (nSPS) is 13.0. The summed E-state index contributed by atoms with van der Waals surface area (Å²) in [5, 5.41) is 11.5. The molecule has 1 amide bonds. The van der Waals surface area contributed by atoms with Gasteiger partial charge in [-0.25, -0.2) is 0 Å². The van der Waals surface area contributed by atoms with E-state index >= 15 is 0 Å². The van der Waals surface area contributed by atoms with Crippen LogP contribution in [0.25, 0.3) is 0 Å². The summed E-state index contributed by atoms with van der Waals surface area (Å²) in [4.78, 5) is 14.6. The summed E-state index contributed by atoms with van der Waals surface area (Å²) in [6.45, 7) is 3.31. The van der Waals surface area contributed by atoms with Crippen LogP contribution in [-0.2, 0) is 13.0 Å². The van der Waals surface area contributed by atoms with Crippen LogP contribution in [0, 0.1) is 6.92 Å². The molecule has 1 aliphatic heterocycles. The maximum Gasteiger partial charge on any atom is 0.274 e. The number of carbonyl (C=O) groups excluding carboxylic acids is 1. The molecule has 0 spiro atoms. The molecule has 0 saturated heterocycles. The summed E-state index contributed by atoms with van der Waals surface area (Å²) in [7, 11) is 1.63. The second-order valence-corrected chi connectivity index (χ2v) is 6.88. The van der Waals surface area contributed by atoms with Crippen LogP contribution in [0.1, 0.15) is 27.2 Å². The zero-order valence-corrected chi connectivity index (χ0v) is 16.0. The van der Waals surface area contributed by atoms with E-state index in [1.54, 1.807) is 19.2 Å². The second-order valence-electron chi connectivity index (χ2n) is 6.88. The Balaban J connectivity index is 1.48. The second kappa shape index (κ2) is 7.68. The summed E-state index contributed by atoms with van der Waals surface area (Å²) >= 11 is 0. The van der Waals surface area contributed by atoms with Gasteiger partial charge < -0.3 is 15.0 Å². The molecule has 2 heterocycles. The van der Waals surface area contributed by atoms with E-state index < -0.39 is 0 Å². The largest absolute Gasteiger partial charge is 0.495 e. The summed E-state index contributed by atoms with van der Waals surface area (Å²) in [5.41, 5.74) is 4.77. The lowest BCUT2D eigenvalue weighted by atomic mass is 10.00. The number of aryl methyl sites for hydroxylation is 1. The first-order chi connectivity index (χ1) is 13.6. The van der Waals surface area contributed by atoms with Gasteiger partial charge >= 0.3 is 0 Å². The van der Waals surface area contributed by atoms with Crippen LogP contribution < -0.4 is 10.1 Å². The Bertz CT molecular complexity index is 1000. The van der Waals surface area contributed by atoms with Crippen molar-refractivity contribution in [2.45, 2.75) is 19.9 Å². The molecule has 0 fully saturated rings. The third-order valence-corrected chi connectivity index (χ3v) is 4.92. The van der Waals surface area contributed by atoms with Gasteiger partial charge in [0.15, 0.2) is 11.5 Å². The molecule has 1 N–H and O–H groups in total. The quantitative estimate of drug-likeness (QED) is 0.754. The lowest BCUT2D eigenvalue weighted by Crippen LogP contribution is -2.36. The molecule has 0 bridgehead atoms. The van der Waals surface area contributed by atoms with Crippen molar-refractivity contribution >= 4 is 17.4 Å². The van der Waals surface area contributed by atoms with Gasteiger partial charge in [-0.15, -0.1) is 10.2 Å². The first kappa shape index (κ1) is 18.0. The SMILES string of the molecule is COc1ccc(C)cc1Nc1ccc(C(=O)N2CCc3ccccc3C2)nn1. The fourth-order valence-corrected chi connectivity index (χ4v) is 3.40. The van der Waals surface area contributed by atoms with Crippen LogP contribution in [0.4, 0.5) is 11.5 Å². The van der Waals surface area contributed by atoms with Crippen molar-refractivity contribution in [2.24, 2.45) is 0 Å². The fourth-order valence-electron chi connectivity index (χ4n) is 3.40. The molecular weight excluding hydrogens is 352 g/mol. The zero-order chi connectivity index (χ0) is 19.5.